The minimum absolute atomic E-state index is 0.0471. The van der Waals surface area contributed by atoms with Crippen LogP contribution >= 0.6 is 0 Å². The van der Waals surface area contributed by atoms with E-state index in [-0.39, 0.29) is 18.0 Å². The van der Waals surface area contributed by atoms with Gasteiger partial charge in [-0.25, -0.2) is 0 Å². The molecular weight excluding hydrogens is 192 g/mol. The number of hydrogen-bond donors (Lipinski definition) is 2. The number of aromatic nitrogens is 2. The van der Waals surface area contributed by atoms with Crippen LogP contribution < -0.4 is 11.1 Å². The van der Waals surface area contributed by atoms with Crippen molar-refractivity contribution < 1.29 is 4.79 Å². The Morgan fingerprint density at radius 2 is 2.27 bits per heavy atom. The van der Waals surface area contributed by atoms with E-state index in [0.717, 1.165) is 5.56 Å². The van der Waals surface area contributed by atoms with Crippen LogP contribution in [-0.4, -0.2) is 21.2 Å². The predicted molar refractivity (Wildman–Crippen MR) is 58.0 cm³/mol. The molecule has 0 aromatic carbocycles. The Morgan fingerprint density at radius 3 is 2.73 bits per heavy atom. The Bertz CT molecular complexity index is 337. The van der Waals surface area contributed by atoms with Gasteiger partial charge in [0.25, 0.3) is 0 Å². The number of nitrogens with one attached hydrogen (secondary N) is 1. The van der Waals surface area contributed by atoms with Crippen LogP contribution in [0.25, 0.3) is 0 Å². The zero-order chi connectivity index (χ0) is 11.5. The molecule has 5 nitrogen and oxygen atoms in total. The zero-order valence-electron chi connectivity index (χ0n) is 9.45. The summed E-state index contributed by atoms with van der Waals surface area (Å²) in [6, 6.07) is 0. The highest BCUT2D eigenvalue weighted by Gasteiger charge is 2.13. The lowest BCUT2D eigenvalue weighted by Crippen LogP contribution is -2.42. The summed E-state index contributed by atoms with van der Waals surface area (Å²) in [5.41, 5.74) is 6.16. The van der Waals surface area contributed by atoms with Crippen molar-refractivity contribution in [2.24, 2.45) is 5.73 Å². The standard InChI is InChI=1S/C10H18N4O/c1-10(2,3)13-9(15)7-14-6-8(4-11)5-12-14/h5-6H,4,7,11H2,1-3H3,(H,13,15). The van der Waals surface area contributed by atoms with Crippen molar-refractivity contribution in [1.29, 1.82) is 0 Å². The quantitative estimate of drug-likeness (QED) is 0.751. The van der Waals surface area contributed by atoms with E-state index in [2.05, 4.69) is 10.4 Å². The minimum atomic E-state index is -0.207. The summed E-state index contributed by atoms with van der Waals surface area (Å²) in [6.45, 7) is 6.51. The molecule has 0 atom stereocenters. The van der Waals surface area contributed by atoms with Crippen molar-refractivity contribution in [1.82, 2.24) is 15.1 Å². The van der Waals surface area contributed by atoms with Crippen LogP contribution in [0.2, 0.25) is 0 Å². The minimum Gasteiger partial charge on any atom is -0.350 e. The lowest BCUT2D eigenvalue weighted by molar-refractivity contribution is -0.123. The normalized spacial score (nSPS) is 11.5. The predicted octanol–water partition coefficient (Wildman–Crippen LogP) is 0.257. The maximum absolute atomic E-state index is 11.5. The van der Waals surface area contributed by atoms with E-state index in [1.54, 1.807) is 17.1 Å². The average molecular weight is 210 g/mol. The highest BCUT2D eigenvalue weighted by molar-refractivity contribution is 5.76. The first-order chi connectivity index (χ1) is 6.90. The topological polar surface area (TPSA) is 72.9 Å². The van der Waals surface area contributed by atoms with Crippen molar-refractivity contribution in [2.75, 3.05) is 0 Å². The molecule has 0 aliphatic carbocycles. The van der Waals surface area contributed by atoms with Gasteiger partial charge >= 0.3 is 0 Å². The van der Waals surface area contributed by atoms with Crippen LogP contribution in [-0.2, 0) is 17.9 Å². The monoisotopic (exact) mass is 210 g/mol. The molecule has 0 unspecified atom stereocenters. The fourth-order valence-electron chi connectivity index (χ4n) is 1.20. The van der Waals surface area contributed by atoms with Gasteiger partial charge in [-0.15, -0.1) is 0 Å². The van der Waals surface area contributed by atoms with Crippen LogP contribution in [0.3, 0.4) is 0 Å². The van der Waals surface area contributed by atoms with Crippen LogP contribution in [0.5, 0.6) is 0 Å². The summed E-state index contributed by atoms with van der Waals surface area (Å²) in [5.74, 6) is -0.0471. The molecule has 15 heavy (non-hydrogen) atoms. The van der Waals surface area contributed by atoms with Crippen LogP contribution in [0.1, 0.15) is 26.3 Å². The van der Waals surface area contributed by atoms with Gasteiger partial charge < -0.3 is 11.1 Å². The Balaban J connectivity index is 2.51. The maximum atomic E-state index is 11.5. The molecule has 1 amide bonds. The number of rotatable bonds is 3. The van der Waals surface area contributed by atoms with Gasteiger partial charge in [-0.2, -0.15) is 5.10 Å². The third-order valence-electron chi connectivity index (χ3n) is 1.74. The molecule has 0 aliphatic heterocycles. The molecule has 1 aromatic heterocycles. The maximum Gasteiger partial charge on any atom is 0.242 e. The van der Waals surface area contributed by atoms with Crippen LogP contribution in [0.4, 0.5) is 0 Å². The lowest BCUT2D eigenvalue weighted by atomic mass is 10.1. The highest BCUT2D eigenvalue weighted by Crippen LogP contribution is 2.00. The van der Waals surface area contributed by atoms with E-state index in [1.807, 2.05) is 20.8 Å². The zero-order valence-corrected chi connectivity index (χ0v) is 9.45. The van der Waals surface area contributed by atoms with E-state index in [1.165, 1.54) is 0 Å². The summed E-state index contributed by atoms with van der Waals surface area (Å²) >= 11 is 0. The van der Waals surface area contributed by atoms with Crippen LogP contribution in [0.15, 0.2) is 12.4 Å². The molecule has 0 fully saturated rings. The van der Waals surface area contributed by atoms with Gasteiger partial charge in [0.1, 0.15) is 6.54 Å². The van der Waals surface area contributed by atoms with Crippen molar-refractivity contribution >= 4 is 5.91 Å². The highest BCUT2D eigenvalue weighted by atomic mass is 16.2. The average Bonchev–Trinajstić information content (AvgIpc) is 2.48. The second-order valence-corrected chi connectivity index (χ2v) is 4.55. The molecule has 0 aliphatic rings. The SMILES string of the molecule is CC(C)(C)NC(=O)Cn1cc(CN)cn1. The first kappa shape index (κ1) is 11.7. The summed E-state index contributed by atoms with van der Waals surface area (Å²) < 4.78 is 1.59. The second kappa shape index (κ2) is 4.44. The third-order valence-corrected chi connectivity index (χ3v) is 1.74. The first-order valence-electron chi connectivity index (χ1n) is 4.93. The number of carbonyl (C=O) groups is 1. The van der Waals surface area contributed by atoms with E-state index < -0.39 is 0 Å². The van der Waals surface area contributed by atoms with Crippen LogP contribution in [0, 0.1) is 0 Å². The first-order valence-corrected chi connectivity index (χ1v) is 4.93. The number of amides is 1. The van der Waals surface area contributed by atoms with Crippen molar-refractivity contribution in [3.8, 4) is 0 Å². The lowest BCUT2D eigenvalue weighted by Gasteiger charge is -2.20. The summed E-state index contributed by atoms with van der Waals surface area (Å²) in [4.78, 5) is 11.5. The molecule has 1 aromatic rings. The smallest absolute Gasteiger partial charge is 0.242 e. The van der Waals surface area contributed by atoms with E-state index in [9.17, 15) is 4.79 Å². The fraction of sp³-hybridized carbons (Fsp3) is 0.600. The molecule has 3 N–H and O–H groups in total. The van der Waals surface area contributed by atoms with E-state index in [4.69, 9.17) is 5.73 Å². The molecule has 0 saturated carbocycles. The van der Waals surface area contributed by atoms with E-state index in [0.29, 0.717) is 6.54 Å². The van der Waals surface area contributed by atoms with Gasteiger partial charge in [-0.3, -0.25) is 9.48 Å². The number of carbonyl (C=O) groups excluding carboxylic acids is 1. The molecule has 5 heteroatoms. The molecule has 84 valence electrons. The molecule has 0 radical (unpaired) electrons. The summed E-state index contributed by atoms with van der Waals surface area (Å²) in [7, 11) is 0. The van der Waals surface area contributed by atoms with Gasteiger partial charge in [0.05, 0.1) is 6.20 Å². The van der Waals surface area contributed by atoms with Gasteiger partial charge in [0.2, 0.25) is 5.91 Å². The summed E-state index contributed by atoms with van der Waals surface area (Å²) in [6.07, 6.45) is 3.45. The second-order valence-electron chi connectivity index (χ2n) is 4.55. The number of nitrogens with two attached hydrogens (primary N) is 1. The van der Waals surface area contributed by atoms with Gasteiger partial charge in [-0.1, -0.05) is 0 Å². The number of hydrogen-bond acceptors (Lipinski definition) is 3. The Hall–Kier alpha value is -1.36. The Morgan fingerprint density at radius 1 is 1.60 bits per heavy atom. The van der Waals surface area contributed by atoms with Crippen molar-refractivity contribution in [3.63, 3.8) is 0 Å². The third kappa shape index (κ3) is 4.12. The molecule has 1 heterocycles. The van der Waals surface area contributed by atoms with E-state index >= 15 is 0 Å². The fourth-order valence-corrected chi connectivity index (χ4v) is 1.20. The molecular formula is C10H18N4O. The van der Waals surface area contributed by atoms with Gasteiger partial charge in [0.15, 0.2) is 0 Å². The van der Waals surface area contributed by atoms with Crippen molar-refractivity contribution in [3.05, 3.63) is 18.0 Å². The molecule has 1 rings (SSSR count). The Labute approximate surface area is 89.6 Å². The molecule has 0 saturated heterocycles. The molecule has 0 bridgehead atoms. The largest absolute Gasteiger partial charge is 0.350 e. The Kier molecular flexibility index (Phi) is 3.47. The van der Waals surface area contributed by atoms with Gasteiger partial charge in [-0.05, 0) is 20.8 Å². The molecule has 0 spiro atoms. The number of nitrogens with zero attached hydrogens (tertiary/aromatic N) is 2. The summed E-state index contributed by atoms with van der Waals surface area (Å²) in [5, 5.41) is 6.90. The van der Waals surface area contributed by atoms with Gasteiger partial charge in [0, 0.05) is 23.8 Å². The van der Waals surface area contributed by atoms with Crippen molar-refractivity contribution in [2.45, 2.75) is 39.4 Å².